The summed E-state index contributed by atoms with van der Waals surface area (Å²) in [5.41, 5.74) is 13.3. The highest BCUT2D eigenvalue weighted by Crippen LogP contribution is 2.13. The third-order valence-corrected chi connectivity index (χ3v) is 1.80. The van der Waals surface area contributed by atoms with E-state index in [4.69, 9.17) is 16.7 Å². The Labute approximate surface area is 78.0 Å². The molecular formula is C10H13N3. The number of rotatable bonds is 2. The number of anilines is 1. The molecule has 0 amide bonds. The molecule has 0 spiro atoms. The zero-order valence-electron chi connectivity index (χ0n) is 7.62. The van der Waals surface area contributed by atoms with Crippen LogP contribution in [-0.4, -0.2) is 6.04 Å². The Kier molecular flexibility index (Phi) is 2.88. The average Bonchev–Trinajstić information content (AvgIpc) is 2.07. The van der Waals surface area contributed by atoms with E-state index in [1.807, 2.05) is 19.1 Å². The summed E-state index contributed by atoms with van der Waals surface area (Å²) in [6.45, 7) is 1.93. The zero-order valence-corrected chi connectivity index (χ0v) is 7.62. The van der Waals surface area contributed by atoms with Crippen LogP contribution in [0.5, 0.6) is 0 Å². The number of nitrogen functional groups attached to an aromatic ring is 1. The highest BCUT2D eigenvalue weighted by atomic mass is 14.6. The molecular weight excluding hydrogens is 162 g/mol. The molecule has 13 heavy (non-hydrogen) atoms. The van der Waals surface area contributed by atoms with Crippen LogP contribution in [-0.2, 0) is 6.42 Å². The fraction of sp³-hybridized carbons (Fsp3) is 0.300. The molecule has 1 rings (SSSR count). The van der Waals surface area contributed by atoms with Crippen molar-refractivity contribution in [3.8, 4) is 6.07 Å². The van der Waals surface area contributed by atoms with Gasteiger partial charge in [-0.3, -0.25) is 0 Å². The fourth-order valence-electron chi connectivity index (χ4n) is 1.20. The normalized spacial score (nSPS) is 12.1. The molecule has 0 aliphatic rings. The Morgan fingerprint density at radius 1 is 1.54 bits per heavy atom. The van der Waals surface area contributed by atoms with Crippen molar-refractivity contribution in [3.05, 3.63) is 29.3 Å². The summed E-state index contributed by atoms with van der Waals surface area (Å²) in [6, 6.07) is 7.59. The van der Waals surface area contributed by atoms with E-state index in [0.717, 1.165) is 12.0 Å². The van der Waals surface area contributed by atoms with Crippen LogP contribution in [0.1, 0.15) is 18.1 Å². The molecule has 1 atom stereocenters. The minimum Gasteiger partial charge on any atom is -0.398 e. The van der Waals surface area contributed by atoms with E-state index in [1.165, 1.54) is 0 Å². The minimum absolute atomic E-state index is 0.107. The van der Waals surface area contributed by atoms with Gasteiger partial charge in [0, 0.05) is 11.7 Å². The molecule has 3 nitrogen and oxygen atoms in total. The second-order valence-corrected chi connectivity index (χ2v) is 3.21. The number of hydrogen-bond donors (Lipinski definition) is 2. The second kappa shape index (κ2) is 3.92. The van der Waals surface area contributed by atoms with Gasteiger partial charge in [-0.1, -0.05) is 6.07 Å². The van der Waals surface area contributed by atoms with Crippen LogP contribution in [0.2, 0.25) is 0 Å². The van der Waals surface area contributed by atoms with Crippen LogP contribution in [0.25, 0.3) is 0 Å². The topological polar surface area (TPSA) is 75.8 Å². The highest BCUT2D eigenvalue weighted by molar-refractivity contribution is 5.55. The van der Waals surface area contributed by atoms with E-state index in [-0.39, 0.29) is 6.04 Å². The lowest BCUT2D eigenvalue weighted by molar-refractivity contribution is 0.738. The van der Waals surface area contributed by atoms with Crippen molar-refractivity contribution < 1.29 is 0 Å². The quantitative estimate of drug-likeness (QED) is 0.659. The Hall–Kier alpha value is -1.53. The molecule has 1 aromatic carbocycles. The lowest BCUT2D eigenvalue weighted by Gasteiger charge is -2.06. The summed E-state index contributed by atoms with van der Waals surface area (Å²) in [5, 5.41) is 8.72. The molecule has 0 saturated carbocycles. The summed E-state index contributed by atoms with van der Waals surface area (Å²) < 4.78 is 0. The molecule has 1 aromatic rings. The Bertz CT molecular complexity index is 337. The van der Waals surface area contributed by atoms with Crippen molar-refractivity contribution in [2.24, 2.45) is 5.73 Å². The first kappa shape index (κ1) is 9.56. The highest BCUT2D eigenvalue weighted by Gasteiger charge is 2.01. The van der Waals surface area contributed by atoms with Gasteiger partial charge in [0.2, 0.25) is 0 Å². The first-order valence-corrected chi connectivity index (χ1v) is 4.17. The predicted octanol–water partition coefficient (Wildman–Crippen LogP) is 1.03. The van der Waals surface area contributed by atoms with E-state index in [1.54, 1.807) is 12.1 Å². The van der Waals surface area contributed by atoms with Crippen molar-refractivity contribution in [2.45, 2.75) is 19.4 Å². The molecule has 0 bridgehead atoms. The van der Waals surface area contributed by atoms with Crippen LogP contribution in [0.3, 0.4) is 0 Å². The first-order valence-electron chi connectivity index (χ1n) is 4.17. The van der Waals surface area contributed by atoms with Gasteiger partial charge in [0.1, 0.15) is 6.07 Å². The average molecular weight is 175 g/mol. The Balaban J connectivity index is 2.95. The van der Waals surface area contributed by atoms with Gasteiger partial charge in [-0.2, -0.15) is 5.26 Å². The second-order valence-electron chi connectivity index (χ2n) is 3.21. The van der Waals surface area contributed by atoms with Crippen molar-refractivity contribution in [1.29, 1.82) is 5.26 Å². The van der Waals surface area contributed by atoms with Crippen LogP contribution in [0.15, 0.2) is 18.2 Å². The number of hydrogen-bond acceptors (Lipinski definition) is 3. The Morgan fingerprint density at radius 2 is 2.23 bits per heavy atom. The number of nitrogens with zero attached hydrogens (tertiary/aromatic N) is 1. The first-order chi connectivity index (χ1) is 6.13. The molecule has 68 valence electrons. The largest absolute Gasteiger partial charge is 0.398 e. The van der Waals surface area contributed by atoms with Crippen LogP contribution >= 0.6 is 0 Å². The maximum absolute atomic E-state index is 8.72. The van der Waals surface area contributed by atoms with Gasteiger partial charge >= 0.3 is 0 Å². The van der Waals surface area contributed by atoms with Gasteiger partial charge in [0.05, 0.1) is 5.56 Å². The van der Waals surface area contributed by atoms with E-state index < -0.39 is 0 Å². The molecule has 0 radical (unpaired) electrons. The van der Waals surface area contributed by atoms with Crippen molar-refractivity contribution >= 4 is 5.69 Å². The molecule has 3 heteroatoms. The molecule has 0 saturated heterocycles. The lowest BCUT2D eigenvalue weighted by atomic mass is 10.0. The predicted molar refractivity (Wildman–Crippen MR) is 52.9 cm³/mol. The molecule has 0 fully saturated rings. The monoisotopic (exact) mass is 175 g/mol. The maximum atomic E-state index is 8.72. The van der Waals surface area contributed by atoms with Crippen molar-refractivity contribution in [2.75, 3.05) is 5.73 Å². The number of benzene rings is 1. The van der Waals surface area contributed by atoms with E-state index in [9.17, 15) is 0 Å². The third kappa shape index (κ3) is 2.46. The van der Waals surface area contributed by atoms with E-state index in [0.29, 0.717) is 11.3 Å². The fourth-order valence-corrected chi connectivity index (χ4v) is 1.20. The van der Waals surface area contributed by atoms with Gasteiger partial charge in [-0.05, 0) is 31.0 Å². The summed E-state index contributed by atoms with van der Waals surface area (Å²) in [6.07, 6.45) is 0.773. The van der Waals surface area contributed by atoms with E-state index >= 15 is 0 Å². The minimum atomic E-state index is 0.107. The van der Waals surface area contributed by atoms with Crippen LogP contribution in [0, 0.1) is 11.3 Å². The summed E-state index contributed by atoms with van der Waals surface area (Å²) in [5.74, 6) is 0. The molecule has 0 aromatic heterocycles. The van der Waals surface area contributed by atoms with Crippen molar-refractivity contribution in [3.63, 3.8) is 0 Å². The molecule has 0 unspecified atom stereocenters. The zero-order chi connectivity index (χ0) is 9.84. The van der Waals surface area contributed by atoms with Crippen LogP contribution in [0.4, 0.5) is 5.69 Å². The van der Waals surface area contributed by atoms with E-state index in [2.05, 4.69) is 0 Å². The molecule has 0 aliphatic carbocycles. The summed E-state index contributed by atoms with van der Waals surface area (Å²) >= 11 is 0. The number of nitriles is 1. The van der Waals surface area contributed by atoms with Crippen molar-refractivity contribution in [1.82, 2.24) is 0 Å². The van der Waals surface area contributed by atoms with Gasteiger partial charge < -0.3 is 11.5 Å². The summed E-state index contributed by atoms with van der Waals surface area (Å²) in [4.78, 5) is 0. The van der Waals surface area contributed by atoms with Gasteiger partial charge in [0.25, 0.3) is 0 Å². The van der Waals surface area contributed by atoms with Gasteiger partial charge in [-0.25, -0.2) is 0 Å². The Morgan fingerprint density at radius 3 is 2.77 bits per heavy atom. The molecule has 0 heterocycles. The maximum Gasteiger partial charge on any atom is 0.101 e. The number of nitrogens with two attached hydrogens (primary N) is 2. The van der Waals surface area contributed by atoms with Gasteiger partial charge in [-0.15, -0.1) is 0 Å². The molecule has 0 aliphatic heterocycles. The van der Waals surface area contributed by atoms with Crippen LogP contribution < -0.4 is 11.5 Å². The third-order valence-electron chi connectivity index (χ3n) is 1.80. The SMILES string of the molecule is C[C@@H](N)Cc1ccc(N)c(C#N)c1. The van der Waals surface area contributed by atoms with Gasteiger partial charge in [0.15, 0.2) is 0 Å². The smallest absolute Gasteiger partial charge is 0.101 e. The lowest BCUT2D eigenvalue weighted by Crippen LogP contribution is -2.17. The summed E-state index contributed by atoms with van der Waals surface area (Å²) in [7, 11) is 0. The molecule has 4 N–H and O–H groups in total. The standard InChI is InChI=1S/C10H13N3/c1-7(12)4-8-2-3-10(13)9(5-8)6-11/h2-3,5,7H,4,12-13H2,1H3/t7-/m1/s1.